The lowest BCUT2D eigenvalue weighted by atomic mass is 10.0. The van der Waals surface area contributed by atoms with Gasteiger partial charge < -0.3 is 0 Å². The Balaban J connectivity index is 3.17. The van der Waals surface area contributed by atoms with Gasteiger partial charge in [0.2, 0.25) is 0 Å². The molecule has 0 aromatic carbocycles. The molecule has 72 valence electrons. The summed E-state index contributed by atoms with van der Waals surface area (Å²) in [5, 5.41) is 0. The molecule has 0 radical (unpaired) electrons. The van der Waals surface area contributed by atoms with Crippen LogP contribution in [0.1, 0.15) is 59.3 Å². The zero-order valence-corrected chi connectivity index (χ0v) is 8.97. The van der Waals surface area contributed by atoms with Gasteiger partial charge >= 0.3 is 0 Å². The Hall–Kier alpha value is -0.260. The van der Waals surface area contributed by atoms with Crippen molar-refractivity contribution < 1.29 is 0 Å². The van der Waals surface area contributed by atoms with Crippen molar-refractivity contribution in [3.8, 4) is 0 Å². The summed E-state index contributed by atoms with van der Waals surface area (Å²) in [6, 6.07) is 0. The minimum Gasteiger partial charge on any atom is -0.0885 e. The summed E-state index contributed by atoms with van der Waals surface area (Å²) in [4.78, 5) is 0. The third-order valence-electron chi connectivity index (χ3n) is 2.23. The van der Waals surface area contributed by atoms with Gasteiger partial charge in [-0.25, -0.2) is 0 Å². The van der Waals surface area contributed by atoms with Crippen LogP contribution in [0.25, 0.3) is 0 Å². The largest absolute Gasteiger partial charge is 0.0885 e. The zero-order valence-electron chi connectivity index (χ0n) is 8.97. The fourth-order valence-corrected chi connectivity index (χ4v) is 1.42. The lowest BCUT2D eigenvalue weighted by Crippen LogP contribution is -1.91. The first-order chi connectivity index (χ1) is 5.81. The zero-order chi connectivity index (χ0) is 9.23. The number of hydrogen-bond donors (Lipinski definition) is 0. The molecule has 0 heterocycles. The Labute approximate surface area is 78.1 Å². The Kier molecular flexibility index (Phi) is 8.64. The van der Waals surface area contributed by atoms with Gasteiger partial charge in [0.15, 0.2) is 0 Å². The molecular weight excluding hydrogens is 144 g/mol. The molecule has 0 bridgehead atoms. The topological polar surface area (TPSA) is 0 Å². The van der Waals surface area contributed by atoms with Gasteiger partial charge in [-0.2, -0.15) is 0 Å². The van der Waals surface area contributed by atoms with Gasteiger partial charge in [-0.05, 0) is 25.2 Å². The standard InChI is InChI=1S/C12H24/c1-4-6-7-8-9-11-12(3)10-5-2/h7-8,12H,4-6,9-11H2,1-3H3. The van der Waals surface area contributed by atoms with Crippen LogP contribution in [-0.2, 0) is 0 Å². The van der Waals surface area contributed by atoms with E-state index in [2.05, 4.69) is 32.9 Å². The van der Waals surface area contributed by atoms with Crippen molar-refractivity contribution in [2.75, 3.05) is 0 Å². The highest BCUT2D eigenvalue weighted by Gasteiger charge is 1.97. The number of rotatable bonds is 7. The summed E-state index contributed by atoms with van der Waals surface area (Å²) < 4.78 is 0. The summed E-state index contributed by atoms with van der Waals surface area (Å²) in [7, 11) is 0. The van der Waals surface area contributed by atoms with E-state index in [1.807, 2.05) is 0 Å². The molecule has 0 spiro atoms. The van der Waals surface area contributed by atoms with Gasteiger partial charge in [0.1, 0.15) is 0 Å². The Morgan fingerprint density at radius 2 is 1.58 bits per heavy atom. The van der Waals surface area contributed by atoms with E-state index in [1.54, 1.807) is 0 Å². The van der Waals surface area contributed by atoms with Crippen LogP contribution in [0.15, 0.2) is 12.2 Å². The first kappa shape index (κ1) is 11.7. The van der Waals surface area contributed by atoms with Crippen LogP contribution in [-0.4, -0.2) is 0 Å². The normalized spacial score (nSPS) is 13.9. The maximum absolute atomic E-state index is 2.36. The number of allylic oxidation sites excluding steroid dienone is 2. The van der Waals surface area contributed by atoms with E-state index in [4.69, 9.17) is 0 Å². The molecule has 0 heteroatoms. The summed E-state index contributed by atoms with van der Waals surface area (Å²) in [5.74, 6) is 0.918. The average Bonchev–Trinajstić information content (AvgIpc) is 2.05. The first-order valence-corrected chi connectivity index (χ1v) is 5.46. The minimum atomic E-state index is 0.918. The molecule has 0 rings (SSSR count). The van der Waals surface area contributed by atoms with E-state index in [0.717, 1.165) is 5.92 Å². The Morgan fingerprint density at radius 1 is 0.917 bits per heavy atom. The second kappa shape index (κ2) is 8.83. The number of unbranched alkanes of at least 4 members (excludes halogenated alkanes) is 1. The van der Waals surface area contributed by atoms with Crippen molar-refractivity contribution in [2.24, 2.45) is 5.92 Å². The van der Waals surface area contributed by atoms with Crippen molar-refractivity contribution in [1.82, 2.24) is 0 Å². The molecular formula is C12H24. The second-order valence-corrected chi connectivity index (χ2v) is 3.73. The highest BCUT2D eigenvalue weighted by molar-refractivity contribution is 4.81. The molecule has 0 aromatic rings. The summed E-state index contributed by atoms with van der Waals surface area (Å²) >= 11 is 0. The SMILES string of the molecule is CCCC=CCCC(C)CCC. The van der Waals surface area contributed by atoms with Crippen LogP contribution < -0.4 is 0 Å². The predicted octanol–water partition coefficient (Wildman–Crippen LogP) is 4.56. The van der Waals surface area contributed by atoms with E-state index in [9.17, 15) is 0 Å². The maximum atomic E-state index is 2.36. The molecule has 0 aliphatic carbocycles. The van der Waals surface area contributed by atoms with E-state index < -0.39 is 0 Å². The molecule has 0 saturated heterocycles. The first-order valence-electron chi connectivity index (χ1n) is 5.46. The molecule has 0 nitrogen and oxygen atoms in total. The molecule has 0 saturated carbocycles. The summed E-state index contributed by atoms with van der Waals surface area (Å²) in [5.41, 5.74) is 0. The molecule has 0 aromatic heterocycles. The van der Waals surface area contributed by atoms with Crippen LogP contribution in [0.5, 0.6) is 0 Å². The van der Waals surface area contributed by atoms with Gasteiger partial charge in [0, 0.05) is 0 Å². The van der Waals surface area contributed by atoms with Gasteiger partial charge in [-0.15, -0.1) is 0 Å². The summed E-state index contributed by atoms with van der Waals surface area (Å²) in [6.07, 6.45) is 12.6. The third kappa shape index (κ3) is 7.84. The molecule has 0 aliphatic heterocycles. The second-order valence-electron chi connectivity index (χ2n) is 3.73. The van der Waals surface area contributed by atoms with Gasteiger partial charge in [0.25, 0.3) is 0 Å². The molecule has 12 heavy (non-hydrogen) atoms. The summed E-state index contributed by atoms with van der Waals surface area (Å²) in [6.45, 7) is 6.85. The van der Waals surface area contributed by atoms with E-state index in [1.165, 1.54) is 38.5 Å². The van der Waals surface area contributed by atoms with Crippen molar-refractivity contribution >= 4 is 0 Å². The van der Waals surface area contributed by atoms with Gasteiger partial charge in [-0.1, -0.05) is 52.2 Å². The van der Waals surface area contributed by atoms with Gasteiger partial charge in [0.05, 0.1) is 0 Å². The van der Waals surface area contributed by atoms with Crippen LogP contribution in [0, 0.1) is 5.92 Å². The van der Waals surface area contributed by atoms with Crippen LogP contribution in [0.2, 0.25) is 0 Å². The lowest BCUT2D eigenvalue weighted by Gasteiger charge is -2.06. The van der Waals surface area contributed by atoms with Crippen molar-refractivity contribution in [2.45, 2.75) is 59.3 Å². The molecule has 0 N–H and O–H groups in total. The maximum Gasteiger partial charge on any atom is -0.0348 e. The smallest absolute Gasteiger partial charge is 0.0348 e. The van der Waals surface area contributed by atoms with Crippen molar-refractivity contribution in [3.05, 3.63) is 12.2 Å². The predicted molar refractivity (Wildman–Crippen MR) is 57.4 cm³/mol. The molecule has 0 amide bonds. The fraction of sp³-hybridized carbons (Fsp3) is 0.833. The quantitative estimate of drug-likeness (QED) is 0.489. The highest BCUT2D eigenvalue weighted by atomic mass is 14.0. The van der Waals surface area contributed by atoms with Crippen LogP contribution in [0.4, 0.5) is 0 Å². The monoisotopic (exact) mass is 168 g/mol. The lowest BCUT2D eigenvalue weighted by molar-refractivity contribution is 0.490. The Morgan fingerprint density at radius 3 is 2.17 bits per heavy atom. The Bertz CT molecular complexity index is 103. The molecule has 1 atom stereocenters. The minimum absolute atomic E-state index is 0.918. The van der Waals surface area contributed by atoms with Crippen molar-refractivity contribution in [1.29, 1.82) is 0 Å². The molecule has 1 unspecified atom stereocenters. The van der Waals surface area contributed by atoms with Gasteiger partial charge in [-0.3, -0.25) is 0 Å². The molecule has 0 aliphatic rings. The average molecular weight is 168 g/mol. The van der Waals surface area contributed by atoms with E-state index >= 15 is 0 Å². The van der Waals surface area contributed by atoms with E-state index in [0.29, 0.717) is 0 Å². The third-order valence-corrected chi connectivity index (χ3v) is 2.23. The number of hydrogen-bond acceptors (Lipinski definition) is 0. The fourth-order valence-electron chi connectivity index (χ4n) is 1.42. The molecule has 0 fully saturated rings. The van der Waals surface area contributed by atoms with Crippen molar-refractivity contribution in [3.63, 3.8) is 0 Å². The van der Waals surface area contributed by atoms with E-state index in [-0.39, 0.29) is 0 Å². The van der Waals surface area contributed by atoms with Crippen LogP contribution >= 0.6 is 0 Å². The van der Waals surface area contributed by atoms with Crippen LogP contribution in [0.3, 0.4) is 0 Å². The highest BCUT2D eigenvalue weighted by Crippen LogP contribution is 2.12.